The van der Waals surface area contributed by atoms with Gasteiger partial charge in [0, 0.05) is 25.9 Å². The first kappa shape index (κ1) is 14.8. The number of anilines is 1. The maximum Gasteiger partial charge on any atom is 0.122 e. The van der Waals surface area contributed by atoms with Gasteiger partial charge in [-0.25, -0.2) is 0 Å². The van der Waals surface area contributed by atoms with Crippen molar-refractivity contribution in [2.75, 3.05) is 32.2 Å². The lowest BCUT2D eigenvalue weighted by Crippen LogP contribution is -2.27. The lowest BCUT2D eigenvalue weighted by Gasteiger charge is -2.26. The molecule has 1 N–H and O–H groups in total. The average Bonchev–Trinajstić information content (AvgIpc) is 2.37. The molecule has 0 aliphatic carbocycles. The third-order valence-electron chi connectivity index (χ3n) is 3.49. The zero-order valence-corrected chi connectivity index (χ0v) is 12.2. The molecule has 0 aromatic heterocycles. The number of aryl methyl sites for hydroxylation is 2. The van der Waals surface area contributed by atoms with Crippen molar-refractivity contribution < 1.29 is 9.84 Å². The molecule has 3 nitrogen and oxygen atoms in total. The van der Waals surface area contributed by atoms with Crippen molar-refractivity contribution in [3.63, 3.8) is 0 Å². The minimum atomic E-state index is 0.245. The summed E-state index contributed by atoms with van der Waals surface area (Å²) in [6, 6.07) is 4.22. The van der Waals surface area contributed by atoms with E-state index in [-0.39, 0.29) is 6.61 Å². The highest BCUT2D eigenvalue weighted by Crippen LogP contribution is 2.28. The molecule has 0 aliphatic rings. The van der Waals surface area contributed by atoms with Gasteiger partial charge in [-0.1, -0.05) is 6.92 Å². The minimum Gasteiger partial charge on any atom is -0.496 e. The Kier molecular flexibility index (Phi) is 5.48. The van der Waals surface area contributed by atoms with Gasteiger partial charge in [-0.15, -0.1) is 0 Å². The second-order valence-electron chi connectivity index (χ2n) is 4.95. The molecule has 0 bridgehead atoms. The van der Waals surface area contributed by atoms with Gasteiger partial charge in [-0.2, -0.15) is 0 Å². The summed E-state index contributed by atoms with van der Waals surface area (Å²) in [6.07, 6.45) is 0.995. The fourth-order valence-electron chi connectivity index (χ4n) is 2.21. The molecule has 0 saturated carbocycles. The van der Waals surface area contributed by atoms with Crippen LogP contribution in [0.2, 0.25) is 0 Å². The van der Waals surface area contributed by atoms with Crippen LogP contribution in [0.5, 0.6) is 5.75 Å². The molecule has 1 unspecified atom stereocenters. The lowest BCUT2D eigenvalue weighted by atomic mass is 10.0. The maximum atomic E-state index is 9.28. The second kappa shape index (κ2) is 6.64. The van der Waals surface area contributed by atoms with E-state index in [0.717, 1.165) is 24.3 Å². The quantitative estimate of drug-likeness (QED) is 0.844. The molecule has 0 aliphatic heterocycles. The Balaban J connectivity index is 2.92. The molecule has 1 atom stereocenters. The molecule has 1 aromatic rings. The molecule has 0 amide bonds. The SMILES string of the molecule is CCC(CO)CN(C)c1cc(C)c(OC)cc1C. The zero-order chi connectivity index (χ0) is 13.7. The van der Waals surface area contributed by atoms with Gasteiger partial charge in [0.15, 0.2) is 0 Å². The Labute approximate surface area is 110 Å². The van der Waals surface area contributed by atoms with E-state index < -0.39 is 0 Å². The predicted molar refractivity (Wildman–Crippen MR) is 76.6 cm³/mol. The highest BCUT2D eigenvalue weighted by molar-refractivity contribution is 5.58. The molecule has 0 saturated heterocycles. The number of aliphatic hydroxyl groups excluding tert-OH is 1. The fraction of sp³-hybridized carbons (Fsp3) is 0.600. The third kappa shape index (κ3) is 3.39. The van der Waals surface area contributed by atoms with Crippen LogP contribution < -0.4 is 9.64 Å². The highest BCUT2D eigenvalue weighted by Gasteiger charge is 2.12. The molecule has 1 rings (SSSR count). The van der Waals surface area contributed by atoms with E-state index in [9.17, 15) is 5.11 Å². The third-order valence-corrected chi connectivity index (χ3v) is 3.49. The summed E-state index contributed by atoms with van der Waals surface area (Å²) in [5.74, 6) is 1.26. The van der Waals surface area contributed by atoms with Gasteiger partial charge in [0.25, 0.3) is 0 Å². The van der Waals surface area contributed by atoms with Crippen LogP contribution >= 0.6 is 0 Å². The van der Waals surface area contributed by atoms with Crippen LogP contribution in [0.3, 0.4) is 0 Å². The van der Waals surface area contributed by atoms with Crippen LogP contribution in [0.4, 0.5) is 5.69 Å². The predicted octanol–water partition coefficient (Wildman–Crippen LogP) is 2.77. The van der Waals surface area contributed by atoms with Crippen molar-refractivity contribution in [2.45, 2.75) is 27.2 Å². The molecule has 0 heterocycles. The summed E-state index contributed by atoms with van der Waals surface area (Å²) in [4.78, 5) is 2.21. The Morgan fingerprint density at radius 1 is 1.28 bits per heavy atom. The number of rotatable bonds is 6. The number of benzene rings is 1. The van der Waals surface area contributed by atoms with E-state index in [1.54, 1.807) is 7.11 Å². The van der Waals surface area contributed by atoms with Crippen molar-refractivity contribution in [2.24, 2.45) is 5.92 Å². The van der Waals surface area contributed by atoms with Crippen LogP contribution in [0.15, 0.2) is 12.1 Å². The van der Waals surface area contributed by atoms with Crippen molar-refractivity contribution in [1.29, 1.82) is 0 Å². The van der Waals surface area contributed by atoms with E-state index in [4.69, 9.17) is 4.74 Å². The zero-order valence-electron chi connectivity index (χ0n) is 12.2. The van der Waals surface area contributed by atoms with Gasteiger partial charge >= 0.3 is 0 Å². The Bertz CT molecular complexity index is 386. The first-order valence-corrected chi connectivity index (χ1v) is 6.50. The monoisotopic (exact) mass is 251 g/mol. The molecule has 3 heteroatoms. The molecular formula is C15H25NO2. The Morgan fingerprint density at radius 2 is 1.94 bits per heavy atom. The standard InChI is InChI=1S/C15H25NO2/c1-6-13(10-17)9-16(4)14-7-12(3)15(18-5)8-11(14)2/h7-8,13,17H,6,9-10H2,1-5H3. The summed E-state index contributed by atoms with van der Waals surface area (Å²) >= 11 is 0. The van der Waals surface area contributed by atoms with Crippen LogP contribution in [-0.4, -0.2) is 32.4 Å². The molecule has 18 heavy (non-hydrogen) atoms. The second-order valence-corrected chi connectivity index (χ2v) is 4.95. The van der Waals surface area contributed by atoms with E-state index >= 15 is 0 Å². The van der Waals surface area contributed by atoms with Crippen LogP contribution in [0.1, 0.15) is 24.5 Å². The lowest BCUT2D eigenvalue weighted by molar-refractivity contribution is 0.225. The largest absolute Gasteiger partial charge is 0.496 e. The summed E-state index contributed by atoms with van der Waals surface area (Å²) in [5, 5.41) is 9.28. The Hall–Kier alpha value is -1.22. The molecule has 102 valence electrons. The molecule has 0 spiro atoms. The number of aliphatic hydroxyl groups is 1. The minimum absolute atomic E-state index is 0.245. The van der Waals surface area contributed by atoms with Crippen molar-refractivity contribution >= 4 is 5.69 Å². The number of nitrogens with zero attached hydrogens (tertiary/aromatic N) is 1. The summed E-state index contributed by atoms with van der Waals surface area (Å²) in [7, 11) is 3.77. The molecule has 0 fully saturated rings. The topological polar surface area (TPSA) is 32.7 Å². The number of hydrogen-bond acceptors (Lipinski definition) is 3. The van der Waals surface area contributed by atoms with Crippen molar-refractivity contribution in [3.05, 3.63) is 23.3 Å². The molecule has 1 aromatic carbocycles. The van der Waals surface area contributed by atoms with E-state index in [0.29, 0.717) is 5.92 Å². The summed E-state index contributed by atoms with van der Waals surface area (Å²) in [5.41, 5.74) is 3.55. The van der Waals surface area contributed by atoms with Gasteiger partial charge in [0.05, 0.1) is 7.11 Å². The number of ether oxygens (including phenoxy) is 1. The van der Waals surface area contributed by atoms with Crippen LogP contribution in [-0.2, 0) is 0 Å². The van der Waals surface area contributed by atoms with E-state index in [2.05, 4.69) is 44.9 Å². The molecular weight excluding hydrogens is 226 g/mol. The fourth-order valence-corrected chi connectivity index (χ4v) is 2.21. The average molecular weight is 251 g/mol. The van der Waals surface area contributed by atoms with Crippen LogP contribution in [0.25, 0.3) is 0 Å². The number of hydrogen-bond donors (Lipinski definition) is 1. The van der Waals surface area contributed by atoms with E-state index in [1.807, 2.05) is 0 Å². The van der Waals surface area contributed by atoms with E-state index in [1.165, 1.54) is 11.3 Å². The van der Waals surface area contributed by atoms with Gasteiger partial charge in [0.2, 0.25) is 0 Å². The van der Waals surface area contributed by atoms with Gasteiger partial charge in [0.1, 0.15) is 5.75 Å². The number of methoxy groups -OCH3 is 1. The molecule has 0 radical (unpaired) electrons. The van der Waals surface area contributed by atoms with Crippen molar-refractivity contribution in [3.8, 4) is 5.75 Å². The van der Waals surface area contributed by atoms with Gasteiger partial charge in [-0.3, -0.25) is 0 Å². The van der Waals surface area contributed by atoms with Gasteiger partial charge < -0.3 is 14.7 Å². The highest BCUT2D eigenvalue weighted by atomic mass is 16.5. The van der Waals surface area contributed by atoms with Crippen molar-refractivity contribution in [1.82, 2.24) is 0 Å². The normalized spacial score (nSPS) is 12.3. The maximum absolute atomic E-state index is 9.28. The smallest absolute Gasteiger partial charge is 0.122 e. The first-order valence-electron chi connectivity index (χ1n) is 6.50. The Morgan fingerprint density at radius 3 is 2.44 bits per heavy atom. The summed E-state index contributed by atoms with van der Waals surface area (Å²) < 4.78 is 5.33. The first-order chi connectivity index (χ1) is 8.53. The van der Waals surface area contributed by atoms with Gasteiger partial charge in [-0.05, 0) is 49.4 Å². The summed E-state index contributed by atoms with van der Waals surface area (Å²) in [6.45, 7) is 7.38. The van der Waals surface area contributed by atoms with Crippen LogP contribution in [0, 0.1) is 19.8 Å².